The summed E-state index contributed by atoms with van der Waals surface area (Å²) < 4.78 is 11.2. The van der Waals surface area contributed by atoms with E-state index in [-0.39, 0.29) is 35.1 Å². The maximum Gasteiger partial charge on any atom is 0.315 e. The second-order valence-corrected chi connectivity index (χ2v) is 10.1. The van der Waals surface area contributed by atoms with Crippen molar-refractivity contribution in [2.45, 2.75) is 77.9 Å². The van der Waals surface area contributed by atoms with Crippen LogP contribution in [0.1, 0.15) is 66.2 Å². The Morgan fingerprint density at radius 2 is 1.92 bits per heavy atom. The fraction of sp³-hybridized carbons (Fsp3) is 0.905. The van der Waals surface area contributed by atoms with Gasteiger partial charge < -0.3 is 14.6 Å². The Labute approximate surface area is 155 Å². The van der Waals surface area contributed by atoms with Gasteiger partial charge in [-0.05, 0) is 56.3 Å². The SMILES string of the molecule is COC(=O)[C@]1(C)CCC[C@@]2(C)[C@H]3C[C@]4(C(C)C)C(=O)O[C@@]3(CC[C@H]21)[C@@H]4O. The van der Waals surface area contributed by atoms with Gasteiger partial charge >= 0.3 is 11.9 Å². The molecule has 0 unspecified atom stereocenters. The average Bonchev–Trinajstić information content (AvgIpc) is 2.97. The molecule has 5 heteroatoms. The highest BCUT2D eigenvalue weighted by Gasteiger charge is 2.79. The van der Waals surface area contributed by atoms with E-state index < -0.39 is 22.5 Å². The first kappa shape index (κ1) is 18.3. The van der Waals surface area contributed by atoms with Crippen LogP contribution in [-0.2, 0) is 19.1 Å². The maximum absolute atomic E-state index is 12.7. The second-order valence-electron chi connectivity index (χ2n) is 10.1. The first-order chi connectivity index (χ1) is 12.1. The number of fused-ring (bicyclic) bond motifs is 3. The Morgan fingerprint density at radius 3 is 2.54 bits per heavy atom. The summed E-state index contributed by atoms with van der Waals surface area (Å²) in [5.41, 5.74) is -2.18. The van der Waals surface area contributed by atoms with Gasteiger partial charge in [0.05, 0.1) is 12.5 Å². The van der Waals surface area contributed by atoms with Crippen molar-refractivity contribution in [2.24, 2.45) is 34.0 Å². The number of carbonyl (C=O) groups excluding carboxylic acids is 2. The van der Waals surface area contributed by atoms with Gasteiger partial charge in [-0.15, -0.1) is 0 Å². The molecule has 1 aliphatic heterocycles. The molecule has 0 amide bonds. The van der Waals surface area contributed by atoms with E-state index in [9.17, 15) is 14.7 Å². The number of aliphatic hydroxyl groups is 1. The first-order valence-corrected chi connectivity index (χ1v) is 10.1. The van der Waals surface area contributed by atoms with Gasteiger partial charge in [0.25, 0.3) is 0 Å². The van der Waals surface area contributed by atoms with E-state index >= 15 is 0 Å². The third-order valence-electron chi connectivity index (χ3n) is 9.02. The highest BCUT2D eigenvalue weighted by atomic mass is 16.6. The van der Waals surface area contributed by atoms with Crippen molar-refractivity contribution in [3.8, 4) is 0 Å². The van der Waals surface area contributed by atoms with Crippen molar-refractivity contribution in [3.63, 3.8) is 0 Å². The molecule has 26 heavy (non-hydrogen) atoms. The molecule has 4 aliphatic rings. The predicted molar refractivity (Wildman–Crippen MR) is 95.0 cm³/mol. The van der Waals surface area contributed by atoms with Crippen LogP contribution >= 0.6 is 0 Å². The molecular formula is C21H32O5. The lowest BCUT2D eigenvalue weighted by atomic mass is 9.45. The summed E-state index contributed by atoms with van der Waals surface area (Å²) in [6.45, 7) is 8.34. The number of ether oxygens (including phenoxy) is 2. The van der Waals surface area contributed by atoms with Crippen molar-refractivity contribution in [1.82, 2.24) is 0 Å². The Balaban J connectivity index is 1.79. The molecule has 1 spiro atoms. The molecule has 0 aromatic rings. The molecule has 0 aromatic heterocycles. The highest BCUT2D eigenvalue weighted by Crippen LogP contribution is 2.73. The quantitative estimate of drug-likeness (QED) is 0.762. The molecule has 1 saturated heterocycles. The third kappa shape index (κ3) is 1.76. The summed E-state index contributed by atoms with van der Waals surface area (Å²) in [6, 6.07) is 0. The smallest absolute Gasteiger partial charge is 0.315 e. The predicted octanol–water partition coefficient (Wildman–Crippen LogP) is 3.08. The summed E-state index contributed by atoms with van der Waals surface area (Å²) in [4.78, 5) is 25.4. The summed E-state index contributed by atoms with van der Waals surface area (Å²) in [5, 5.41) is 11.3. The molecular weight excluding hydrogens is 332 g/mol. The van der Waals surface area contributed by atoms with Crippen LogP contribution in [0, 0.1) is 34.0 Å². The van der Waals surface area contributed by atoms with Gasteiger partial charge in [0.1, 0.15) is 17.1 Å². The van der Waals surface area contributed by atoms with Crippen LogP contribution in [0.5, 0.6) is 0 Å². The van der Waals surface area contributed by atoms with Crippen LogP contribution in [-0.4, -0.2) is 35.9 Å². The van der Waals surface area contributed by atoms with E-state index in [0.717, 1.165) is 25.7 Å². The molecule has 2 bridgehead atoms. The van der Waals surface area contributed by atoms with E-state index in [1.54, 1.807) is 0 Å². The molecule has 0 radical (unpaired) electrons. The molecule has 5 nitrogen and oxygen atoms in total. The molecule has 1 heterocycles. The van der Waals surface area contributed by atoms with Gasteiger partial charge in [-0.3, -0.25) is 9.59 Å². The number of methoxy groups -OCH3 is 1. The molecule has 3 saturated carbocycles. The number of rotatable bonds is 2. The number of hydrogen-bond donors (Lipinski definition) is 1. The van der Waals surface area contributed by atoms with Crippen LogP contribution in [0.4, 0.5) is 0 Å². The standard InChI is InChI=1S/C21H32O5/c1-12(2)20-11-14-18(3)8-6-9-19(4,16(23)25-5)13(18)7-10-21(14,15(20)22)26-17(20)24/h12-15,22H,6-11H2,1-5H3/t13-,14-,15-,18-,19-,20-,21-/m1/s1. The lowest BCUT2D eigenvalue weighted by Crippen LogP contribution is -2.61. The summed E-state index contributed by atoms with van der Waals surface area (Å²) in [6.07, 6.45) is 4.19. The van der Waals surface area contributed by atoms with Crippen LogP contribution in [0.15, 0.2) is 0 Å². The molecule has 4 rings (SSSR count). The maximum atomic E-state index is 12.7. The van der Waals surface area contributed by atoms with Crippen molar-refractivity contribution < 1.29 is 24.2 Å². The number of carbonyl (C=O) groups is 2. The minimum Gasteiger partial charge on any atom is -0.469 e. The first-order valence-electron chi connectivity index (χ1n) is 10.1. The van der Waals surface area contributed by atoms with Crippen molar-refractivity contribution in [2.75, 3.05) is 7.11 Å². The van der Waals surface area contributed by atoms with E-state index in [4.69, 9.17) is 9.47 Å². The Hall–Kier alpha value is -1.10. The zero-order valence-corrected chi connectivity index (χ0v) is 16.6. The van der Waals surface area contributed by atoms with Gasteiger partial charge in [-0.2, -0.15) is 0 Å². The minimum atomic E-state index is -0.790. The number of aliphatic hydroxyl groups excluding tert-OH is 1. The van der Waals surface area contributed by atoms with Crippen molar-refractivity contribution in [3.05, 3.63) is 0 Å². The van der Waals surface area contributed by atoms with E-state index in [0.29, 0.717) is 12.8 Å². The molecule has 4 fully saturated rings. The van der Waals surface area contributed by atoms with Crippen LogP contribution in [0.25, 0.3) is 0 Å². The Morgan fingerprint density at radius 1 is 1.23 bits per heavy atom. The zero-order valence-electron chi connectivity index (χ0n) is 16.6. The van der Waals surface area contributed by atoms with Crippen LogP contribution in [0.2, 0.25) is 0 Å². The summed E-state index contributed by atoms with van der Waals surface area (Å²) >= 11 is 0. The molecule has 7 atom stereocenters. The van der Waals surface area contributed by atoms with Crippen LogP contribution < -0.4 is 0 Å². The van der Waals surface area contributed by atoms with Crippen LogP contribution in [0.3, 0.4) is 0 Å². The minimum absolute atomic E-state index is 0.0348. The van der Waals surface area contributed by atoms with Gasteiger partial charge in [-0.1, -0.05) is 27.2 Å². The Kier molecular flexibility index (Phi) is 3.68. The fourth-order valence-corrected chi connectivity index (χ4v) is 7.60. The van der Waals surface area contributed by atoms with E-state index in [1.807, 2.05) is 20.8 Å². The Bertz CT molecular complexity index is 659. The molecule has 0 aromatic carbocycles. The van der Waals surface area contributed by atoms with Crippen molar-refractivity contribution >= 4 is 11.9 Å². The number of hydrogen-bond acceptors (Lipinski definition) is 5. The molecule has 146 valence electrons. The molecule has 1 N–H and O–H groups in total. The monoisotopic (exact) mass is 364 g/mol. The second kappa shape index (κ2) is 5.24. The van der Waals surface area contributed by atoms with E-state index in [1.165, 1.54) is 7.11 Å². The normalized spacial score (nSPS) is 52.4. The molecule has 3 aliphatic carbocycles. The van der Waals surface area contributed by atoms with Gasteiger partial charge in [0.2, 0.25) is 0 Å². The zero-order chi connectivity index (χ0) is 19.1. The summed E-state index contributed by atoms with van der Waals surface area (Å²) in [5.74, 6) is -0.00415. The lowest BCUT2D eigenvalue weighted by Gasteiger charge is -2.60. The summed E-state index contributed by atoms with van der Waals surface area (Å²) in [7, 11) is 1.47. The average molecular weight is 364 g/mol. The lowest BCUT2D eigenvalue weighted by molar-refractivity contribution is -0.214. The topological polar surface area (TPSA) is 72.8 Å². The number of esters is 2. The largest absolute Gasteiger partial charge is 0.469 e. The van der Waals surface area contributed by atoms with Gasteiger partial charge in [0.15, 0.2) is 0 Å². The third-order valence-corrected chi connectivity index (χ3v) is 9.02. The van der Waals surface area contributed by atoms with Gasteiger partial charge in [0, 0.05) is 5.92 Å². The van der Waals surface area contributed by atoms with Gasteiger partial charge in [-0.25, -0.2) is 0 Å². The fourth-order valence-electron chi connectivity index (χ4n) is 7.60. The highest BCUT2D eigenvalue weighted by molar-refractivity contribution is 5.83. The van der Waals surface area contributed by atoms with Crippen molar-refractivity contribution in [1.29, 1.82) is 0 Å². The van der Waals surface area contributed by atoms with E-state index in [2.05, 4.69) is 6.92 Å².